The highest BCUT2D eigenvalue weighted by Crippen LogP contribution is 2.29. The molecule has 0 bridgehead atoms. The number of para-hydroxylation sites is 3. The Morgan fingerprint density at radius 3 is 1.59 bits per heavy atom. The molecule has 0 atom stereocenters. The fourth-order valence-electron chi connectivity index (χ4n) is 1.61. The van der Waals surface area contributed by atoms with Crippen LogP contribution >= 0.6 is 0 Å². The number of ether oxygens (including phenoxy) is 1. The van der Waals surface area contributed by atoms with Gasteiger partial charge in [0.2, 0.25) is 0 Å². The largest absolute Gasteiger partial charge is 0.508 e. The zero-order valence-electron chi connectivity index (χ0n) is 11.8. The number of hydrogen-bond acceptors (Lipinski definition) is 4. The molecule has 4 nitrogen and oxygen atoms in total. The predicted molar refractivity (Wildman–Crippen MR) is 84.4 cm³/mol. The maximum absolute atomic E-state index is 9.45. The third-order valence-electron chi connectivity index (χ3n) is 2.69. The molecule has 0 saturated heterocycles. The quantitative estimate of drug-likeness (QED) is 0.617. The lowest BCUT2D eigenvalue weighted by molar-refractivity contribution is 0.411. The Bertz CT molecular complexity index is 673. The second kappa shape index (κ2) is 7.59. The molecule has 112 valence electrons. The van der Waals surface area contributed by atoms with Crippen molar-refractivity contribution in [3.05, 3.63) is 78.9 Å². The molecule has 0 radical (unpaired) electrons. The molecular weight excluding hydrogens is 280 g/mol. The summed E-state index contributed by atoms with van der Waals surface area (Å²) in [5.41, 5.74) is 0. The average molecular weight is 296 g/mol. The summed E-state index contributed by atoms with van der Waals surface area (Å²) in [6.45, 7) is 0. The van der Waals surface area contributed by atoms with Gasteiger partial charge in [0.05, 0.1) is 0 Å². The third-order valence-corrected chi connectivity index (χ3v) is 2.69. The summed E-state index contributed by atoms with van der Waals surface area (Å²) in [7, 11) is 0. The summed E-state index contributed by atoms with van der Waals surface area (Å²) in [6, 6.07) is 22.0. The molecule has 0 aromatic heterocycles. The van der Waals surface area contributed by atoms with E-state index in [1.54, 1.807) is 18.2 Å². The van der Waals surface area contributed by atoms with Gasteiger partial charge in [0.25, 0.3) is 0 Å². The van der Waals surface area contributed by atoms with Crippen molar-refractivity contribution in [2.24, 2.45) is 0 Å². The van der Waals surface area contributed by atoms with Crippen LogP contribution in [0.15, 0.2) is 78.9 Å². The lowest BCUT2D eigenvalue weighted by Crippen LogP contribution is -1.83. The molecule has 4 heteroatoms. The Morgan fingerprint density at radius 1 is 0.545 bits per heavy atom. The van der Waals surface area contributed by atoms with Crippen molar-refractivity contribution in [1.29, 1.82) is 0 Å². The molecule has 3 aromatic carbocycles. The molecule has 22 heavy (non-hydrogen) atoms. The second-order valence-electron chi connectivity index (χ2n) is 4.40. The first-order valence-corrected chi connectivity index (χ1v) is 6.64. The summed E-state index contributed by atoms with van der Waals surface area (Å²) < 4.78 is 5.46. The number of phenolic OH excluding ortho intramolecular Hbond substituents is 3. The number of aromatic hydroxyl groups is 3. The minimum Gasteiger partial charge on any atom is -0.508 e. The van der Waals surface area contributed by atoms with Crippen LogP contribution in [0.1, 0.15) is 0 Å². The van der Waals surface area contributed by atoms with Gasteiger partial charge in [-0.05, 0) is 48.5 Å². The SMILES string of the molecule is Oc1ccc(O)cc1.Oc1ccccc1Oc1ccccc1. The van der Waals surface area contributed by atoms with Crippen LogP contribution in [0.2, 0.25) is 0 Å². The van der Waals surface area contributed by atoms with E-state index in [4.69, 9.17) is 14.9 Å². The molecule has 0 aliphatic carbocycles. The molecule has 0 amide bonds. The number of benzene rings is 3. The Labute approximate surface area is 128 Å². The lowest BCUT2D eigenvalue weighted by Gasteiger charge is -2.06. The van der Waals surface area contributed by atoms with Crippen molar-refractivity contribution in [1.82, 2.24) is 0 Å². The van der Waals surface area contributed by atoms with Crippen molar-refractivity contribution in [2.45, 2.75) is 0 Å². The van der Waals surface area contributed by atoms with Gasteiger partial charge in [0, 0.05) is 0 Å². The molecule has 3 rings (SSSR count). The van der Waals surface area contributed by atoms with Crippen molar-refractivity contribution in [3.63, 3.8) is 0 Å². The van der Waals surface area contributed by atoms with Gasteiger partial charge in [0.15, 0.2) is 11.5 Å². The van der Waals surface area contributed by atoms with Crippen LogP contribution in [-0.2, 0) is 0 Å². The number of phenols is 3. The van der Waals surface area contributed by atoms with Gasteiger partial charge in [0.1, 0.15) is 17.2 Å². The van der Waals surface area contributed by atoms with E-state index in [2.05, 4.69) is 0 Å². The highest BCUT2D eigenvalue weighted by Gasteiger charge is 2.00. The maximum atomic E-state index is 9.45. The van der Waals surface area contributed by atoms with Crippen molar-refractivity contribution < 1.29 is 20.1 Å². The van der Waals surface area contributed by atoms with E-state index in [-0.39, 0.29) is 17.2 Å². The zero-order chi connectivity index (χ0) is 15.8. The topological polar surface area (TPSA) is 69.9 Å². The van der Waals surface area contributed by atoms with Gasteiger partial charge in [-0.2, -0.15) is 0 Å². The van der Waals surface area contributed by atoms with Crippen LogP contribution in [-0.4, -0.2) is 15.3 Å². The van der Waals surface area contributed by atoms with Crippen LogP contribution in [0.5, 0.6) is 28.7 Å². The molecule has 0 unspecified atom stereocenters. The van der Waals surface area contributed by atoms with Crippen molar-refractivity contribution in [3.8, 4) is 28.7 Å². The minimum absolute atomic E-state index is 0.149. The molecule has 0 saturated carbocycles. The van der Waals surface area contributed by atoms with Crippen LogP contribution in [0.4, 0.5) is 0 Å². The van der Waals surface area contributed by atoms with Crippen LogP contribution < -0.4 is 4.74 Å². The first kappa shape index (κ1) is 15.3. The summed E-state index contributed by atoms with van der Waals surface area (Å²) in [5, 5.41) is 26.7. The average Bonchev–Trinajstić information content (AvgIpc) is 2.54. The van der Waals surface area contributed by atoms with E-state index in [0.717, 1.165) is 0 Å². The van der Waals surface area contributed by atoms with Crippen LogP contribution in [0.3, 0.4) is 0 Å². The minimum atomic E-state index is 0.149. The summed E-state index contributed by atoms with van der Waals surface area (Å²) in [4.78, 5) is 0. The maximum Gasteiger partial charge on any atom is 0.169 e. The fourth-order valence-corrected chi connectivity index (χ4v) is 1.61. The van der Waals surface area contributed by atoms with Crippen molar-refractivity contribution >= 4 is 0 Å². The summed E-state index contributed by atoms with van der Waals surface area (Å²) in [5.74, 6) is 1.68. The van der Waals surface area contributed by atoms with E-state index in [1.807, 2.05) is 36.4 Å². The van der Waals surface area contributed by atoms with Gasteiger partial charge in [-0.15, -0.1) is 0 Å². The molecule has 0 aliphatic rings. The molecule has 3 aromatic rings. The second-order valence-corrected chi connectivity index (χ2v) is 4.40. The summed E-state index contributed by atoms with van der Waals surface area (Å²) in [6.07, 6.45) is 0. The molecule has 0 fully saturated rings. The van der Waals surface area contributed by atoms with Crippen LogP contribution in [0.25, 0.3) is 0 Å². The monoisotopic (exact) mass is 296 g/mol. The van der Waals surface area contributed by atoms with Gasteiger partial charge in [-0.25, -0.2) is 0 Å². The van der Waals surface area contributed by atoms with E-state index < -0.39 is 0 Å². The van der Waals surface area contributed by atoms with E-state index in [9.17, 15) is 5.11 Å². The Hall–Kier alpha value is -3.14. The highest BCUT2D eigenvalue weighted by molar-refractivity contribution is 5.41. The van der Waals surface area contributed by atoms with Crippen molar-refractivity contribution in [2.75, 3.05) is 0 Å². The van der Waals surface area contributed by atoms with Gasteiger partial charge < -0.3 is 20.1 Å². The van der Waals surface area contributed by atoms with E-state index in [1.165, 1.54) is 24.3 Å². The first-order chi connectivity index (χ1) is 10.6. The normalized spacial score (nSPS) is 9.45. The molecule has 0 heterocycles. The van der Waals surface area contributed by atoms with E-state index >= 15 is 0 Å². The predicted octanol–water partition coefficient (Wildman–Crippen LogP) is 4.28. The Kier molecular flexibility index (Phi) is 5.26. The molecule has 0 spiro atoms. The van der Waals surface area contributed by atoms with Gasteiger partial charge in [-0.3, -0.25) is 0 Å². The zero-order valence-corrected chi connectivity index (χ0v) is 11.8. The lowest BCUT2D eigenvalue weighted by atomic mass is 10.3. The molecule has 3 N–H and O–H groups in total. The Morgan fingerprint density at radius 2 is 1.05 bits per heavy atom. The highest BCUT2D eigenvalue weighted by atomic mass is 16.5. The van der Waals surface area contributed by atoms with E-state index in [0.29, 0.717) is 11.5 Å². The molecular formula is C18H16O4. The summed E-state index contributed by atoms with van der Waals surface area (Å²) >= 11 is 0. The number of rotatable bonds is 2. The van der Waals surface area contributed by atoms with Gasteiger partial charge in [-0.1, -0.05) is 30.3 Å². The smallest absolute Gasteiger partial charge is 0.169 e. The fraction of sp³-hybridized carbons (Fsp3) is 0. The number of hydrogen-bond donors (Lipinski definition) is 3. The Balaban J connectivity index is 0.000000188. The van der Waals surface area contributed by atoms with Gasteiger partial charge >= 0.3 is 0 Å². The third kappa shape index (κ3) is 4.76. The standard InChI is InChI=1S/C12H10O2.C6H6O2/c13-11-8-4-5-9-12(11)14-10-6-2-1-3-7-10;7-5-1-2-6(8)4-3-5/h1-9,13H;1-4,7-8H. The molecule has 0 aliphatic heterocycles. The first-order valence-electron chi connectivity index (χ1n) is 6.64. The van der Waals surface area contributed by atoms with Crippen LogP contribution in [0, 0.1) is 0 Å².